The summed E-state index contributed by atoms with van der Waals surface area (Å²) < 4.78 is 0. The molecule has 1 saturated heterocycles. The van der Waals surface area contributed by atoms with Gasteiger partial charge in [0.1, 0.15) is 0 Å². The SMILES string of the molecule is CC1(C)C=CC=C2CCSCC2=C1. The minimum atomic E-state index is 0.242. The van der Waals surface area contributed by atoms with Gasteiger partial charge >= 0.3 is 0 Å². The maximum atomic E-state index is 2.43. The molecule has 1 fully saturated rings. The molecule has 0 radical (unpaired) electrons. The molecule has 1 heterocycles. The van der Waals surface area contributed by atoms with Crippen LogP contribution in [0.15, 0.2) is 35.5 Å². The largest absolute Gasteiger partial charge is 0.157 e. The van der Waals surface area contributed by atoms with Crippen LogP contribution in [0.2, 0.25) is 0 Å². The summed E-state index contributed by atoms with van der Waals surface area (Å²) in [6.07, 6.45) is 10.5. The summed E-state index contributed by atoms with van der Waals surface area (Å²) in [5.41, 5.74) is 3.36. The molecule has 0 nitrogen and oxygen atoms in total. The number of thioether (sulfide) groups is 1. The number of allylic oxidation sites excluding steroid dienone is 5. The lowest BCUT2D eigenvalue weighted by atomic mass is 9.90. The molecule has 0 bridgehead atoms. The monoisotopic (exact) mass is 192 g/mol. The molecule has 0 unspecified atom stereocenters. The summed E-state index contributed by atoms with van der Waals surface area (Å²) in [7, 11) is 0. The van der Waals surface area contributed by atoms with Crippen molar-refractivity contribution in [2.45, 2.75) is 20.3 Å². The normalized spacial score (nSPS) is 25.7. The van der Waals surface area contributed by atoms with Crippen molar-refractivity contribution < 1.29 is 0 Å². The Balaban J connectivity index is 2.34. The van der Waals surface area contributed by atoms with E-state index in [0.717, 1.165) is 0 Å². The fraction of sp³-hybridized carbons (Fsp3) is 0.500. The lowest BCUT2D eigenvalue weighted by molar-refractivity contribution is 0.622. The molecule has 0 atom stereocenters. The number of hydrogen-bond acceptors (Lipinski definition) is 1. The predicted molar refractivity (Wildman–Crippen MR) is 61.0 cm³/mol. The van der Waals surface area contributed by atoms with Gasteiger partial charge in [0.2, 0.25) is 0 Å². The van der Waals surface area contributed by atoms with Crippen molar-refractivity contribution in [3.8, 4) is 0 Å². The first-order chi connectivity index (χ1) is 6.17. The van der Waals surface area contributed by atoms with Gasteiger partial charge in [-0.25, -0.2) is 0 Å². The molecular weight excluding hydrogens is 176 g/mol. The Kier molecular flexibility index (Phi) is 2.37. The fourth-order valence-electron chi connectivity index (χ4n) is 1.85. The van der Waals surface area contributed by atoms with E-state index >= 15 is 0 Å². The Morgan fingerprint density at radius 3 is 3.00 bits per heavy atom. The van der Waals surface area contributed by atoms with Gasteiger partial charge in [0, 0.05) is 11.2 Å². The zero-order valence-corrected chi connectivity index (χ0v) is 9.16. The first-order valence-electron chi connectivity index (χ1n) is 4.86. The van der Waals surface area contributed by atoms with E-state index in [0.29, 0.717) is 0 Å². The van der Waals surface area contributed by atoms with Crippen LogP contribution in [0.5, 0.6) is 0 Å². The smallest absolute Gasteiger partial charge is 0.0184 e. The Hall–Kier alpha value is -0.430. The molecule has 2 aliphatic rings. The quantitative estimate of drug-likeness (QED) is 0.565. The van der Waals surface area contributed by atoms with Gasteiger partial charge < -0.3 is 0 Å². The summed E-state index contributed by atoms with van der Waals surface area (Å²) in [5.74, 6) is 2.49. The molecule has 0 aromatic heterocycles. The Labute approximate surface area is 84.8 Å². The van der Waals surface area contributed by atoms with Gasteiger partial charge in [-0.3, -0.25) is 0 Å². The van der Waals surface area contributed by atoms with Crippen LogP contribution in [0.25, 0.3) is 0 Å². The van der Waals surface area contributed by atoms with Crippen molar-refractivity contribution in [1.82, 2.24) is 0 Å². The molecule has 0 aromatic rings. The van der Waals surface area contributed by atoms with Crippen molar-refractivity contribution in [3.05, 3.63) is 35.5 Å². The van der Waals surface area contributed by atoms with Gasteiger partial charge in [-0.05, 0) is 23.3 Å². The lowest BCUT2D eigenvalue weighted by Crippen LogP contribution is -2.08. The van der Waals surface area contributed by atoms with Gasteiger partial charge in [-0.2, -0.15) is 11.8 Å². The van der Waals surface area contributed by atoms with Crippen LogP contribution in [0.3, 0.4) is 0 Å². The Bertz CT molecular complexity index is 292. The summed E-state index contributed by atoms with van der Waals surface area (Å²) in [4.78, 5) is 0. The molecule has 2 rings (SSSR count). The van der Waals surface area contributed by atoms with Crippen LogP contribution in [0, 0.1) is 5.41 Å². The maximum absolute atomic E-state index is 2.43. The first-order valence-corrected chi connectivity index (χ1v) is 6.01. The van der Waals surface area contributed by atoms with E-state index in [9.17, 15) is 0 Å². The van der Waals surface area contributed by atoms with Crippen molar-refractivity contribution in [3.63, 3.8) is 0 Å². The highest BCUT2D eigenvalue weighted by molar-refractivity contribution is 7.99. The zero-order chi connectivity index (χ0) is 9.31. The number of hydrogen-bond donors (Lipinski definition) is 0. The Morgan fingerprint density at radius 1 is 1.31 bits per heavy atom. The molecule has 0 amide bonds. The van der Waals surface area contributed by atoms with Crippen molar-refractivity contribution >= 4 is 11.8 Å². The maximum Gasteiger partial charge on any atom is 0.0184 e. The van der Waals surface area contributed by atoms with E-state index in [2.05, 4.69) is 49.9 Å². The highest BCUT2D eigenvalue weighted by Crippen LogP contribution is 2.34. The molecule has 70 valence electrons. The molecule has 0 saturated carbocycles. The molecular formula is C12H16S. The van der Waals surface area contributed by atoms with E-state index in [-0.39, 0.29) is 5.41 Å². The highest BCUT2D eigenvalue weighted by Gasteiger charge is 2.18. The van der Waals surface area contributed by atoms with Crippen molar-refractivity contribution in [2.75, 3.05) is 11.5 Å². The summed E-state index contributed by atoms with van der Waals surface area (Å²) in [6.45, 7) is 4.54. The standard InChI is InChI=1S/C12H16S/c1-12(2)6-3-4-10-5-7-13-9-11(10)8-12/h3-4,6,8H,5,7,9H2,1-2H3. The van der Waals surface area contributed by atoms with Crippen LogP contribution in [0.4, 0.5) is 0 Å². The van der Waals surface area contributed by atoms with E-state index in [4.69, 9.17) is 0 Å². The summed E-state index contributed by atoms with van der Waals surface area (Å²) in [6, 6.07) is 0. The van der Waals surface area contributed by atoms with Crippen LogP contribution in [0.1, 0.15) is 20.3 Å². The topological polar surface area (TPSA) is 0 Å². The number of rotatable bonds is 0. The second-order valence-electron chi connectivity index (χ2n) is 4.34. The van der Waals surface area contributed by atoms with E-state index < -0.39 is 0 Å². The molecule has 1 heteroatoms. The third kappa shape index (κ3) is 2.08. The van der Waals surface area contributed by atoms with Crippen LogP contribution in [-0.2, 0) is 0 Å². The Morgan fingerprint density at radius 2 is 2.15 bits per heavy atom. The zero-order valence-electron chi connectivity index (χ0n) is 8.34. The van der Waals surface area contributed by atoms with Crippen molar-refractivity contribution in [1.29, 1.82) is 0 Å². The van der Waals surface area contributed by atoms with Gasteiger partial charge in [0.05, 0.1) is 0 Å². The highest BCUT2D eigenvalue weighted by atomic mass is 32.2. The van der Waals surface area contributed by atoms with E-state index in [1.807, 2.05) is 0 Å². The van der Waals surface area contributed by atoms with Gasteiger partial charge in [-0.15, -0.1) is 0 Å². The van der Waals surface area contributed by atoms with E-state index in [1.54, 1.807) is 11.1 Å². The molecule has 13 heavy (non-hydrogen) atoms. The van der Waals surface area contributed by atoms with E-state index in [1.165, 1.54) is 17.9 Å². The minimum absolute atomic E-state index is 0.242. The van der Waals surface area contributed by atoms with Crippen LogP contribution < -0.4 is 0 Å². The average Bonchev–Trinajstić information content (AvgIpc) is 2.21. The van der Waals surface area contributed by atoms with Gasteiger partial charge in [0.25, 0.3) is 0 Å². The number of fused-ring (bicyclic) bond motifs is 1. The summed E-state index contributed by atoms with van der Waals surface area (Å²) in [5, 5.41) is 0. The lowest BCUT2D eigenvalue weighted by Gasteiger charge is -2.20. The molecule has 1 aliphatic heterocycles. The van der Waals surface area contributed by atoms with Crippen LogP contribution >= 0.6 is 11.8 Å². The first kappa shape index (κ1) is 9.14. The van der Waals surface area contributed by atoms with Crippen LogP contribution in [-0.4, -0.2) is 11.5 Å². The fourth-order valence-corrected chi connectivity index (χ4v) is 2.85. The molecule has 1 aliphatic carbocycles. The van der Waals surface area contributed by atoms with Gasteiger partial charge in [0.15, 0.2) is 0 Å². The predicted octanol–water partition coefficient (Wildman–Crippen LogP) is 3.57. The van der Waals surface area contributed by atoms with Crippen molar-refractivity contribution in [2.24, 2.45) is 5.41 Å². The third-order valence-corrected chi connectivity index (χ3v) is 3.56. The average molecular weight is 192 g/mol. The third-order valence-electron chi connectivity index (χ3n) is 2.56. The minimum Gasteiger partial charge on any atom is -0.157 e. The second kappa shape index (κ2) is 3.38. The molecule has 0 spiro atoms. The molecule has 0 aromatic carbocycles. The van der Waals surface area contributed by atoms with Gasteiger partial charge in [-0.1, -0.05) is 38.2 Å². The summed E-state index contributed by atoms with van der Waals surface area (Å²) >= 11 is 2.05. The second-order valence-corrected chi connectivity index (χ2v) is 5.45. The molecule has 0 N–H and O–H groups in total.